The van der Waals surface area contributed by atoms with Gasteiger partial charge in [-0.25, -0.2) is 4.98 Å². The minimum absolute atomic E-state index is 0.112. The van der Waals surface area contributed by atoms with Crippen molar-refractivity contribution in [1.82, 2.24) is 4.98 Å². The number of benzene rings is 2. The summed E-state index contributed by atoms with van der Waals surface area (Å²) >= 11 is 1.14. The van der Waals surface area contributed by atoms with Crippen LogP contribution in [-0.2, 0) is 4.79 Å². The van der Waals surface area contributed by atoms with Gasteiger partial charge in [0.15, 0.2) is 17.0 Å². The molecule has 2 aromatic carbocycles. The molecule has 3 rings (SSSR count). The molecular formula is C21H17N3O3S. The summed E-state index contributed by atoms with van der Waals surface area (Å²) in [6.07, 6.45) is -0.780. The Morgan fingerprint density at radius 3 is 2.43 bits per heavy atom. The van der Waals surface area contributed by atoms with Crippen molar-refractivity contribution < 1.29 is 14.3 Å². The van der Waals surface area contributed by atoms with Gasteiger partial charge in [-0.1, -0.05) is 41.7 Å². The number of carbonyl (C=O) groups is 2. The van der Waals surface area contributed by atoms with Crippen molar-refractivity contribution in [3.63, 3.8) is 0 Å². The largest absolute Gasteiger partial charge is 0.481 e. The second-order valence-corrected chi connectivity index (χ2v) is 7.00. The molecule has 1 amide bonds. The van der Waals surface area contributed by atoms with E-state index in [4.69, 9.17) is 10.00 Å². The topological polar surface area (TPSA) is 92.1 Å². The van der Waals surface area contributed by atoms with Gasteiger partial charge in [-0.05, 0) is 31.2 Å². The van der Waals surface area contributed by atoms with Gasteiger partial charge >= 0.3 is 0 Å². The summed E-state index contributed by atoms with van der Waals surface area (Å²) in [6, 6.07) is 17.9. The van der Waals surface area contributed by atoms with Crippen molar-refractivity contribution in [3.05, 3.63) is 65.0 Å². The van der Waals surface area contributed by atoms with Gasteiger partial charge in [-0.2, -0.15) is 5.26 Å². The number of Topliss-reactive ketones (excluding diaryl/α,β-unsaturated/α-hetero) is 1. The molecule has 0 bridgehead atoms. The van der Waals surface area contributed by atoms with Crippen molar-refractivity contribution in [3.8, 4) is 23.1 Å². The van der Waals surface area contributed by atoms with E-state index < -0.39 is 6.10 Å². The number of rotatable bonds is 6. The number of nitrogens with zero attached hydrogens (tertiary/aromatic N) is 2. The van der Waals surface area contributed by atoms with Crippen LogP contribution in [0.3, 0.4) is 0 Å². The number of nitrogens with one attached hydrogen (secondary N) is 1. The number of thiazole rings is 1. The first kappa shape index (κ1) is 19.3. The van der Waals surface area contributed by atoms with E-state index in [9.17, 15) is 9.59 Å². The number of carbonyl (C=O) groups excluding carboxylic acids is 2. The Morgan fingerprint density at radius 1 is 1.14 bits per heavy atom. The second kappa shape index (κ2) is 8.46. The predicted octanol–water partition coefficient (Wildman–Crippen LogP) is 4.29. The summed E-state index contributed by atoms with van der Waals surface area (Å²) in [5.74, 6) is -0.0123. The number of aromatic nitrogens is 1. The van der Waals surface area contributed by atoms with Crippen molar-refractivity contribution in [2.24, 2.45) is 0 Å². The number of hydrogen-bond donors (Lipinski definition) is 1. The first-order valence-corrected chi connectivity index (χ1v) is 9.34. The van der Waals surface area contributed by atoms with E-state index in [1.807, 2.05) is 36.4 Å². The first-order chi connectivity index (χ1) is 13.5. The maximum absolute atomic E-state index is 12.5. The average Bonchev–Trinajstić information content (AvgIpc) is 3.13. The van der Waals surface area contributed by atoms with Crippen molar-refractivity contribution >= 4 is 28.2 Å². The lowest BCUT2D eigenvalue weighted by Gasteiger charge is -2.13. The highest BCUT2D eigenvalue weighted by Crippen LogP contribution is 2.31. The van der Waals surface area contributed by atoms with Crippen LogP contribution in [0.15, 0.2) is 54.6 Å². The molecule has 0 aliphatic carbocycles. The SMILES string of the molecule is CC(=O)c1sc(NC(=O)C(C)Oc2ccc(C#N)cc2)nc1-c1ccccc1. The molecule has 1 heterocycles. The third-order valence-electron chi connectivity index (χ3n) is 3.89. The molecule has 0 aliphatic rings. The lowest BCUT2D eigenvalue weighted by atomic mass is 10.1. The Labute approximate surface area is 166 Å². The number of ketones is 1. The van der Waals surface area contributed by atoms with E-state index in [0.29, 0.717) is 27.0 Å². The average molecular weight is 391 g/mol. The number of nitriles is 1. The van der Waals surface area contributed by atoms with E-state index >= 15 is 0 Å². The highest BCUT2D eigenvalue weighted by molar-refractivity contribution is 7.18. The number of hydrogen-bond acceptors (Lipinski definition) is 6. The molecule has 0 saturated heterocycles. The fourth-order valence-corrected chi connectivity index (χ4v) is 3.36. The zero-order valence-corrected chi connectivity index (χ0v) is 16.1. The number of ether oxygens (including phenoxy) is 1. The highest BCUT2D eigenvalue weighted by Gasteiger charge is 2.20. The Morgan fingerprint density at radius 2 is 1.82 bits per heavy atom. The quantitative estimate of drug-likeness (QED) is 0.633. The van der Waals surface area contributed by atoms with Crippen molar-refractivity contribution in [2.75, 3.05) is 5.32 Å². The maximum Gasteiger partial charge on any atom is 0.266 e. The van der Waals surface area contributed by atoms with Gasteiger partial charge in [0.05, 0.1) is 22.2 Å². The summed E-state index contributed by atoms with van der Waals surface area (Å²) < 4.78 is 5.61. The minimum Gasteiger partial charge on any atom is -0.481 e. The molecule has 1 unspecified atom stereocenters. The van der Waals surface area contributed by atoms with Crippen LogP contribution < -0.4 is 10.1 Å². The summed E-state index contributed by atoms with van der Waals surface area (Å²) in [5, 5.41) is 11.9. The molecule has 0 spiro atoms. The van der Waals surface area contributed by atoms with Gasteiger partial charge in [-0.3, -0.25) is 14.9 Å². The van der Waals surface area contributed by atoms with Gasteiger partial charge < -0.3 is 4.74 Å². The molecule has 6 nitrogen and oxygen atoms in total. The number of amides is 1. The standard InChI is InChI=1S/C21H17N3O3S/c1-13(25)19-18(16-6-4-3-5-7-16)23-21(28-19)24-20(26)14(2)27-17-10-8-15(12-22)9-11-17/h3-11,14H,1-2H3,(H,23,24,26). The Kier molecular flexibility index (Phi) is 5.82. The molecule has 1 aromatic heterocycles. The highest BCUT2D eigenvalue weighted by atomic mass is 32.1. The van der Waals surface area contributed by atoms with Gasteiger partial charge in [0, 0.05) is 12.5 Å². The second-order valence-electron chi connectivity index (χ2n) is 6.00. The van der Waals surface area contributed by atoms with Crippen LogP contribution in [0.2, 0.25) is 0 Å². The normalized spacial score (nSPS) is 11.3. The molecular weight excluding hydrogens is 374 g/mol. The summed E-state index contributed by atoms with van der Waals surface area (Å²) in [4.78, 5) is 29.4. The zero-order chi connectivity index (χ0) is 20.1. The summed E-state index contributed by atoms with van der Waals surface area (Å²) in [5.41, 5.74) is 1.87. The smallest absolute Gasteiger partial charge is 0.266 e. The predicted molar refractivity (Wildman–Crippen MR) is 107 cm³/mol. The number of anilines is 1. The Balaban J connectivity index is 1.74. The molecule has 3 aromatic rings. The molecule has 0 fully saturated rings. The molecule has 1 N–H and O–H groups in total. The molecule has 28 heavy (non-hydrogen) atoms. The van der Waals surface area contributed by atoms with E-state index in [1.54, 1.807) is 31.2 Å². The van der Waals surface area contributed by atoms with E-state index in [2.05, 4.69) is 10.3 Å². The lowest BCUT2D eigenvalue weighted by Crippen LogP contribution is -2.30. The van der Waals surface area contributed by atoms with Gasteiger partial charge in [0.1, 0.15) is 5.75 Å². The maximum atomic E-state index is 12.5. The van der Waals surface area contributed by atoms with Gasteiger partial charge in [0.25, 0.3) is 5.91 Å². The molecule has 7 heteroatoms. The van der Waals surface area contributed by atoms with Gasteiger partial charge in [0.2, 0.25) is 0 Å². The van der Waals surface area contributed by atoms with E-state index in [1.165, 1.54) is 6.92 Å². The third-order valence-corrected chi connectivity index (χ3v) is 4.96. The molecule has 0 aliphatic heterocycles. The van der Waals surface area contributed by atoms with Gasteiger partial charge in [-0.15, -0.1) is 0 Å². The lowest BCUT2D eigenvalue weighted by molar-refractivity contribution is -0.122. The van der Waals surface area contributed by atoms with Crippen LogP contribution in [-0.4, -0.2) is 22.8 Å². The van der Waals surface area contributed by atoms with Crippen LogP contribution in [0.1, 0.15) is 29.1 Å². The molecule has 0 saturated carbocycles. The fraction of sp³-hybridized carbons (Fsp3) is 0.143. The van der Waals surface area contributed by atoms with E-state index in [0.717, 1.165) is 16.9 Å². The van der Waals surface area contributed by atoms with Crippen LogP contribution in [0, 0.1) is 11.3 Å². The van der Waals surface area contributed by atoms with E-state index in [-0.39, 0.29) is 11.7 Å². The summed E-state index contributed by atoms with van der Waals surface area (Å²) in [6.45, 7) is 3.09. The van der Waals surface area contributed by atoms with Crippen LogP contribution in [0.4, 0.5) is 5.13 Å². The molecule has 0 radical (unpaired) electrons. The van der Waals surface area contributed by atoms with Crippen LogP contribution in [0.25, 0.3) is 11.3 Å². The van der Waals surface area contributed by atoms with Crippen molar-refractivity contribution in [2.45, 2.75) is 20.0 Å². The monoisotopic (exact) mass is 391 g/mol. The Bertz CT molecular complexity index is 1040. The zero-order valence-electron chi connectivity index (χ0n) is 15.3. The summed E-state index contributed by atoms with van der Waals surface area (Å²) in [7, 11) is 0. The molecule has 1 atom stereocenters. The first-order valence-electron chi connectivity index (χ1n) is 8.53. The fourth-order valence-electron chi connectivity index (χ4n) is 2.48. The minimum atomic E-state index is -0.780. The van der Waals surface area contributed by atoms with Crippen LogP contribution >= 0.6 is 11.3 Å². The third kappa shape index (κ3) is 4.42. The van der Waals surface area contributed by atoms with Crippen LogP contribution in [0.5, 0.6) is 5.75 Å². The van der Waals surface area contributed by atoms with Crippen molar-refractivity contribution in [1.29, 1.82) is 5.26 Å². The Hall–Kier alpha value is -3.50. The molecule has 140 valence electrons.